The normalized spacial score (nSPS) is 19.9. The number of methoxy groups -OCH3 is 1. The first-order valence-corrected chi connectivity index (χ1v) is 5.47. The molecule has 1 aliphatic carbocycles. The Kier molecular flexibility index (Phi) is 2.76. The second-order valence-electron chi connectivity index (χ2n) is 4.03. The van der Waals surface area contributed by atoms with Crippen LogP contribution in [0.2, 0.25) is 0 Å². The van der Waals surface area contributed by atoms with E-state index < -0.39 is 0 Å². The van der Waals surface area contributed by atoms with Gasteiger partial charge in [-0.2, -0.15) is 0 Å². The molecule has 2 nitrogen and oxygen atoms in total. The molecule has 0 heterocycles. The molecule has 0 saturated carbocycles. The van der Waals surface area contributed by atoms with Gasteiger partial charge in [-0.15, -0.1) is 0 Å². The lowest BCUT2D eigenvalue weighted by Crippen LogP contribution is -2.21. The highest BCUT2D eigenvalue weighted by Gasteiger charge is 2.25. The SMILES string of the molecule is CCC1CCc2cc(OC)ccc2C1=O. The summed E-state index contributed by atoms with van der Waals surface area (Å²) in [5.41, 5.74) is 2.04. The highest BCUT2D eigenvalue weighted by Crippen LogP contribution is 2.29. The van der Waals surface area contributed by atoms with Gasteiger partial charge in [0, 0.05) is 11.5 Å². The first-order valence-electron chi connectivity index (χ1n) is 5.47. The fraction of sp³-hybridized carbons (Fsp3) is 0.462. The summed E-state index contributed by atoms with van der Waals surface area (Å²) in [7, 11) is 1.65. The molecule has 0 fully saturated rings. The predicted molar refractivity (Wildman–Crippen MR) is 59.4 cm³/mol. The number of Topliss-reactive ketones (excluding diaryl/α,β-unsaturated/α-hetero) is 1. The van der Waals surface area contributed by atoms with Gasteiger partial charge in [0.05, 0.1) is 7.11 Å². The lowest BCUT2D eigenvalue weighted by atomic mass is 9.81. The van der Waals surface area contributed by atoms with E-state index >= 15 is 0 Å². The van der Waals surface area contributed by atoms with Gasteiger partial charge in [-0.05, 0) is 43.0 Å². The molecule has 2 heteroatoms. The van der Waals surface area contributed by atoms with Crippen molar-refractivity contribution in [2.45, 2.75) is 26.2 Å². The zero-order valence-corrected chi connectivity index (χ0v) is 9.25. The Bertz CT molecular complexity index is 382. The summed E-state index contributed by atoms with van der Waals surface area (Å²) in [6.07, 6.45) is 2.93. The number of rotatable bonds is 2. The smallest absolute Gasteiger partial charge is 0.166 e. The van der Waals surface area contributed by atoms with Crippen molar-refractivity contribution in [3.63, 3.8) is 0 Å². The Morgan fingerprint density at radius 2 is 2.27 bits per heavy atom. The molecule has 1 aromatic rings. The van der Waals surface area contributed by atoms with Crippen molar-refractivity contribution in [3.05, 3.63) is 29.3 Å². The third kappa shape index (κ3) is 1.76. The molecule has 0 N–H and O–H groups in total. The Morgan fingerprint density at radius 3 is 2.93 bits per heavy atom. The van der Waals surface area contributed by atoms with E-state index in [-0.39, 0.29) is 5.92 Å². The minimum absolute atomic E-state index is 0.228. The van der Waals surface area contributed by atoms with E-state index in [0.29, 0.717) is 5.78 Å². The molecule has 0 spiro atoms. The fourth-order valence-corrected chi connectivity index (χ4v) is 2.21. The first kappa shape index (κ1) is 10.2. The van der Waals surface area contributed by atoms with Gasteiger partial charge < -0.3 is 4.74 Å². The topological polar surface area (TPSA) is 26.3 Å². The van der Waals surface area contributed by atoms with Crippen LogP contribution in [0, 0.1) is 5.92 Å². The summed E-state index contributed by atoms with van der Waals surface area (Å²) >= 11 is 0. The van der Waals surface area contributed by atoms with Gasteiger partial charge in [0.1, 0.15) is 5.75 Å². The maximum atomic E-state index is 12.0. The lowest BCUT2D eigenvalue weighted by molar-refractivity contribution is 0.0898. The number of ether oxygens (including phenoxy) is 1. The summed E-state index contributed by atoms with van der Waals surface area (Å²) in [6.45, 7) is 2.08. The molecule has 80 valence electrons. The van der Waals surface area contributed by atoms with Gasteiger partial charge in [0.25, 0.3) is 0 Å². The molecular formula is C13H16O2. The largest absolute Gasteiger partial charge is 0.497 e. The average Bonchev–Trinajstić information content (AvgIpc) is 2.29. The number of carbonyl (C=O) groups is 1. The molecular weight excluding hydrogens is 188 g/mol. The van der Waals surface area contributed by atoms with Crippen LogP contribution in [-0.2, 0) is 6.42 Å². The molecule has 0 aromatic heterocycles. The molecule has 0 saturated heterocycles. The number of carbonyl (C=O) groups excluding carboxylic acids is 1. The van der Waals surface area contributed by atoms with Crippen molar-refractivity contribution in [1.82, 2.24) is 0 Å². The minimum Gasteiger partial charge on any atom is -0.497 e. The monoisotopic (exact) mass is 204 g/mol. The molecule has 15 heavy (non-hydrogen) atoms. The molecule has 0 bridgehead atoms. The Hall–Kier alpha value is -1.31. The van der Waals surface area contributed by atoms with E-state index in [1.54, 1.807) is 7.11 Å². The van der Waals surface area contributed by atoms with Crippen LogP contribution in [-0.4, -0.2) is 12.9 Å². The Labute approximate surface area is 90.3 Å². The number of hydrogen-bond acceptors (Lipinski definition) is 2. The lowest BCUT2D eigenvalue weighted by Gasteiger charge is -2.22. The highest BCUT2D eigenvalue weighted by molar-refractivity contribution is 6.00. The van der Waals surface area contributed by atoms with E-state index in [0.717, 1.165) is 36.1 Å². The van der Waals surface area contributed by atoms with E-state index in [1.807, 2.05) is 18.2 Å². The molecule has 1 atom stereocenters. The van der Waals surface area contributed by atoms with Gasteiger partial charge in [-0.25, -0.2) is 0 Å². The fourth-order valence-electron chi connectivity index (χ4n) is 2.21. The Morgan fingerprint density at radius 1 is 1.47 bits per heavy atom. The highest BCUT2D eigenvalue weighted by atomic mass is 16.5. The molecule has 0 aliphatic heterocycles. The van der Waals surface area contributed by atoms with Crippen LogP contribution >= 0.6 is 0 Å². The van der Waals surface area contributed by atoms with Crippen molar-refractivity contribution < 1.29 is 9.53 Å². The van der Waals surface area contributed by atoms with Gasteiger partial charge in [0.2, 0.25) is 0 Å². The van der Waals surface area contributed by atoms with Crippen molar-refractivity contribution in [3.8, 4) is 5.75 Å². The number of benzene rings is 1. The van der Waals surface area contributed by atoms with Gasteiger partial charge >= 0.3 is 0 Å². The number of aryl methyl sites for hydroxylation is 1. The van der Waals surface area contributed by atoms with E-state index in [1.165, 1.54) is 0 Å². The molecule has 2 rings (SSSR count). The minimum atomic E-state index is 0.228. The standard InChI is InChI=1S/C13H16O2/c1-3-9-4-5-10-8-11(15-2)6-7-12(10)13(9)14/h6-9H,3-5H2,1-2H3. The molecule has 0 radical (unpaired) electrons. The molecule has 0 amide bonds. The summed E-state index contributed by atoms with van der Waals surface area (Å²) in [5.74, 6) is 1.38. The van der Waals surface area contributed by atoms with Crippen LogP contribution in [0.5, 0.6) is 5.75 Å². The van der Waals surface area contributed by atoms with Crippen molar-refractivity contribution in [2.75, 3.05) is 7.11 Å². The summed E-state index contributed by atoms with van der Waals surface area (Å²) in [6, 6.07) is 5.76. The van der Waals surface area contributed by atoms with E-state index in [4.69, 9.17) is 4.74 Å². The van der Waals surface area contributed by atoms with Crippen LogP contribution in [0.3, 0.4) is 0 Å². The number of ketones is 1. The predicted octanol–water partition coefficient (Wildman–Crippen LogP) is 2.85. The van der Waals surface area contributed by atoms with Crippen LogP contribution < -0.4 is 4.74 Å². The van der Waals surface area contributed by atoms with Gasteiger partial charge in [-0.3, -0.25) is 4.79 Å². The van der Waals surface area contributed by atoms with Crippen LogP contribution in [0.25, 0.3) is 0 Å². The summed E-state index contributed by atoms with van der Waals surface area (Å²) in [5, 5.41) is 0. The quantitative estimate of drug-likeness (QED) is 0.740. The third-order valence-corrected chi connectivity index (χ3v) is 3.20. The van der Waals surface area contributed by atoms with Crippen LogP contribution in [0.15, 0.2) is 18.2 Å². The van der Waals surface area contributed by atoms with Gasteiger partial charge in [0.15, 0.2) is 5.78 Å². The average molecular weight is 204 g/mol. The maximum absolute atomic E-state index is 12.0. The van der Waals surface area contributed by atoms with Crippen molar-refractivity contribution in [1.29, 1.82) is 0 Å². The molecule has 1 unspecified atom stereocenters. The van der Waals surface area contributed by atoms with Crippen LogP contribution in [0.1, 0.15) is 35.7 Å². The van der Waals surface area contributed by atoms with Crippen molar-refractivity contribution >= 4 is 5.78 Å². The summed E-state index contributed by atoms with van der Waals surface area (Å²) < 4.78 is 5.16. The van der Waals surface area contributed by atoms with E-state index in [9.17, 15) is 4.79 Å². The number of fused-ring (bicyclic) bond motifs is 1. The van der Waals surface area contributed by atoms with Gasteiger partial charge in [-0.1, -0.05) is 6.92 Å². The van der Waals surface area contributed by atoms with E-state index in [2.05, 4.69) is 6.92 Å². The first-order chi connectivity index (χ1) is 7.26. The second kappa shape index (κ2) is 4.05. The number of hydrogen-bond donors (Lipinski definition) is 0. The van der Waals surface area contributed by atoms with Crippen LogP contribution in [0.4, 0.5) is 0 Å². The summed E-state index contributed by atoms with van der Waals surface area (Å²) in [4.78, 5) is 12.0. The second-order valence-corrected chi connectivity index (χ2v) is 4.03. The zero-order valence-electron chi connectivity index (χ0n) is 9.25. The third-order valence-electron chi connectivity index (χ3n) is 3.20. The van der Waals surface area contributed by atoms with Crippen molar-refractivity contribution in [2.24, 2.45) is 5.92 Å². The maximum Gasteiger partial charge on any atom is 0.166 e. The molecule has 1 aliphatic rings. The zero-order chi connectivity index (χ0) is 10.8. The Balaban J connectivity index is 2.37. The molecule has 1 aromatic carbocycles.